The number of morpholine rings is 1. The maximum atomic E-state index is 11.3. The largest absolute Gasteiger partial charge is 0.481 e. The summed E-state index contributed by atoms with van der Waals surface area (Å²) >= 11 is 0. The van der Waals surface area contributed by atoms with Gasteiger partial charge in [-0.3, -0.25) is 9.69 Å². The fourth-order valence-electron chi connectivity index (χ4n) is 2.85. The lowest BCUT2D eigenvalue weighted by atomic mass is 9.95. The van der Waals surface area contributed by atoms with Crippen LogP contribution >= 0.6 is 0 Å². The molecular formula is C16H21NO3. The summed E-state index contributed by atoms with van der Waals surface area (Å²) in [5.74, 6) is -0.682. The molecule has 4 heteroatoms. The Bertz CT molecular complexity index is 473. The molecule has 1 aliphatic carbocycles. The van der Waals surface area contributed by atoms with Gasteiger partial charge in [0, 0.05) is 19.6 Å². The van der Waals surface area contributed by atoms with Gasteiger partial charge in [-0.2, -0.15) is 0 Å². The van der Waals surface area contributed by atoms with Crippen molar-refractivity contribution in [1.29, 1.82) is 0 Å². The standard InChI is InChI=1S/C16H21NO3/c18-15(19)16(6-7-16)14-3-1-13(2-4-14)5-8-17-9-11-20-12-10-17/h1-4H,5-12H2,(H,18,19). The molecule has 0 aromatic heterocycles. The second-order valence-corrected chi connectivity index (χ2v) is 5.79. The Hall–Kier alpha value is -1.39. The summed E-state index contributed by atoms with van der Waals surface area (Å²) in [6.07, 6.45) is 2.56. The van der Waals surface area contributed by atoms with Crippen LogP contribution in [0, 0.1) is 0 Å². The van der Waals surface area contributed by atoms with E-state index < -0.39 is 11.4 Å². The van der Waals surface area contributed by atoms with Gasteiger partial charge in [0.1, 0.15) is 0 Å². The highest BCUT2D eigenvalue weighted by atomic mass is 16.5. The lowest BCUT2D eigenvalue weighted by Gasteiger charge is -2.26. The Morgan fingerprint density at radius 3 is 2.40 bits per heavy atom. The van der Waals surface area contributed by atoms with Crippen molar-refractivity contribution in [2.45, 2.75) is 24.7 Å². The summed E-state index contributed by atoms with van der Waals surface area (Å²) in [6, 6.07) is 8.16. The minimum atomic E-state index is -0.682. The molecule has 1 heterocycles. The molecule has 1 N–H and O–H groups in total. The Balaban J connectivity index is 1.57. The van der Waals surface area contributed by atoms with Gasteiger partial charge in [-0.25, -0.2) is 0 Å². The van der Waals surface area contributed by atoms with E-state index in [2.05, 4.69) is 17.0 Å². The molecule has 1 aliphatic heterocycles. The molecule has 3 rings (SSSR count). The molecule has 20 heavy (non-hydrogen) atoms. The van der Waals surface area contributed by atoms with Crippen LogP contribution in [0.1, 0.15) is 24.0 Å². The summed E-state index contributed by atoms with van der Waals surface area (Å²) in [4.78, 5) is 13.7. The molecule has 108 valence electrons. The van der Waals surface area contributed by atoms with Crippen LogP contribution in [0.25, 0.3) is 0 Å². The average molecular weight is 275 g/mol. The topological polar surface area (TPSA) is 49.8 Å². The molecule has 1 aromatic rings. The fourth-order valence-corrected chi connectivity index (χ4v) is 2.85. The summed E-state index contributed by atoms with van der Waals surface area (Å²) < 4.78 is 5.34. The zero-order valence-corrected chi connectivity index (χ0v) is 11.7. The predicted molar refractivity (Wildman–Crippen MR) is 76.0 cm³/mol. The molecule has 0 unspecified atom stereocenters. The number of nitrogens with zero attached hydrogens (tertiary/aromatic N) is 1. The van der Waals surface area contributed by atoms with Crippen LogP contribution in [-0.2, 0) is 21.4 Å². The predicted octanol–water partition coefficient (Wildman–Crippen LogP) is 1.68. The highest BCUT2D eigenvalue weighted by molar-refractivity contribution is 5.84. The fraction of sp³-hybridized carbons (Fsp3) is 0.562. The maximum Gasteiger partial charge on any atom is 0.314 e. The van der Waals surface area contributed by atoms with Crippen molar-refractivity contribution in [3.63, 3.8) is 0 Å². The highest BCUT2D eigenvalue weighted by Crippen LogP contribution is 2.48. The normalized spacial score (nSPS) is 21.6. The van der Waals surface area contributed by atoms with Crippen LogP contribution in [0.4, 0.5) is 0 Å². The minimum absolute atomic E-state index is 0.581. The SMILES string of the molecule is O=C(O)C1(c2ccc(CCN3CCOCC3)cc2)CC1. The van der Waals surface area contributed by atoms with Crippen LogP contribution in [0.15, 0.2) is 24.3 Å². The van der Waals surface area contributed by atoms with E-state index in [1.807, 2.05) is 12.1 Å². The smallest absolute Gasteiger partial charge is 0.314 e. The Labute approximate surface area is 119 Å². The van der Waals surface area contributed by atoms with Gasteiger partial charge in [-0.15, -0.1) is 0 Å². The second kappa shape index (κ2) is 5.54. The van der Waals surface area contributed by atoms with E-state index in [0.29, 0.717) is 0 Å². The van der Waals surface area contributed by atoms with Gasteiger partial charge in [0.05, 0.1) is 18.6 Å². The molecular weight excluding hydrogens is 254 g/mol. The number of ether oxygens (including phenoxy) is 1. The molecule has 0 radical (unpaired) electrons. The van der Waals surface area contributed by atoms with Crippen molar-refractivity contribution < 1.29 is 14.6 Å². The van der Waals surface area contributed by atoms with Crippen LogP contribution in [0.5, 0.6) is 0 Å². The van der Waals surface area contributed by atoms with Gasteiger partial charge >= 0.3 is 5.97 Å². The Morgan fingerprint density at radius 1 is 1.20 bits per heavy atom. The molecule has 0 spiro atoms. The van der Waals surface area contributed by atoms with E-state index in [9.17, 15) is 9.90 Å². The Kier molecular flexibility index (Phi) is 3.76. The zero-order valence-electron chi connectivity index (χ0n) is 11.7. The minimum Gasteiger partial charge on any atom is -0.481 e. The molecule has 0 bridgehead atoms. The third-order valence-electron chi connectivity index (χ3n) is 4.49. The molecule has 1 aromatic carbocycles. The van der Waals surface area contributed by atoms with Crippen molar-refractivity contribution in [2.24, 2.45) is 0 Å². The van der Waals surface area contributed by atoms with Crippen LogP contribution < -0.4 is 0 Å². The van der Waals surface area contributed by atoms with E-state index in [4.69, 9.17) is 4.74 Å². The summed E-state index contributed by atoms with van der Waals surface area (Å²) in [5, 5.41) is 9.28. The number of hydrogen-bond acceptors (Lipinski definition) is 3. The first kappa shape index (κ1) is 13.6. The number of carboxylic acid groups (broad SMARTS) is 1. The quantitative estimate of drug-likeness (QED) is 0.888. The molecule has 1 saturated carbocycles. The third kappa shape index (κ3) is 2.72. The zero-order chi connectivity index (χ0) is 14.0. The van der Waals surface area contributed by atoms with Crippen molar-refractivity contribution in [3.8, 4) is 0 Å². The first-order valence-corrected chi connectivity index (χ1v) is 7.34. The van der Waals surface area contributed by atoms with Gasteiger partial charge in [-0.1, -0.05) is 24.3 Å². The Morgan fingerprint density at radius 2 is 1.85 bits per heavy atom. The van der Waals surface area contributed by atoms with Crippen LogP contribution in [0.2, 0.25) is 0 Å². The number of rotatable bonds is 5. The molecule has 2 aliphatic rings. The van der Waals surface area contributed by atoms with E-state index in [1.165, 1.54) is 5.56 Å². The molecule has 4 nitrogen and oxygen atoms in total. The van der Waals surface area contributed by atoms with Gasteiger partial charge in [0.15, 0.2) is 0 Å². The van der Waals surface area contributed by atoms with E-state index in [1.54, 1.807) is 0 Å². The number of aliphatic carboxylic acids is 1. The summed E-state index contributed by atoms with van der Waals surface area (Å²) in [6.45, 7) is 4.74. The number of carboxylic acids is 1. The summed E-state index contributed by atoms with van der Waals surface area (Å²) in [5.41, 5.74) is 1.66. The van der Waals surface area contributed by atoms with Gasteiger partial charge in [0.25, 0.3) is 0 Å². The molecule has 1 saturated heterocycles. The number of hydrogen-bond donors (Lipinski definition) is 1. The van der Waals surface area contributed by atoms with Gasteiger partial charge in [0.2, 0.25) is 0 Å². The second-order valence-electron chi connectivity index (χ2n) is 5.79. The first-order chi connectivity index (χ1) is 9.71. The molecule has 0 amide bonds. The van der Waals surface area contributed by atoms with E-state index in [-0.39, 0.29) is 0 Å². The average Bonchev–Trinajstić information content (AvgIpc) is 3.28. The maximum absolute atomic E-state index is 11.3. The molecule has 2 fully saturated rings. The molecule has 0 atom stereocenters. The van der Waals surface area contributed by atoms with Crippen molar-refractivity contribution in [1.82, 2.24) is 4.90 Å². The first-order valence-electron chi connectivity index (χ1n) is 7.34. The van der Waals surface area contributed by atoms with Crippen molar-refractivity contribution >= 4 is 5.97 Å². The van der Waals surface area contributed by atoms with E-state index in [0.717, 1.165) is 57.7 Å². The number of carbonyl (C=O) groups is 1. The lowest BCUT2D eigenvalue weighted by molar-refractivity contribution is -0.140. The monoisotopic (exact) mass is 275 g/mol. The lowest BCUT2D eigenvalue weighted by Crippen LogP contribution is -2.37. The number of benzene rings is 1. The van der Waals surface area contributed by atoms with Crippen molar-refractivity contribution in [2.75, 3.05) is 32.8 Å². The van der Waals surface area contributed by atoms with Gasteiger partial charge in [-0.05, 0) is 30.4 Å². The van der Waals surface area contributed by atoms with E-state index >= 15 is 0 Å². The summed E-state index contributed by atoms with van der Waals surface area (Å²) in [7, 11) is 0. The van der Waals surface area contributed by atoms with Crippen LogP contribution in [0.3, 0.4) is 0 Å². The van der Waals surface area contributed by atoms with Gasteiger partial charge < -0.3 is 9.84 Å². The van der Waals surface area contributed by atoms with Crippen LogP contribution in [-0.4, -0.2) is 48.8 Å². The third-order valence-corrected chi connectivity index (χ3v) is 4.49. The van der Waals surface area contributed by atoms with Crippen molar-refractivity contribution in [3.05, 3.63) is 35.4 Å². The highest BCUT2D eigenvalue weighted by Gasteiger charge is 2.51.